The lowest BCUT2D eigenvalue weighted by molar-refractivity contribution is -0.183. The van der Waals surface area contributed by atoms with Crippen LogP contribution in [0.15, 0.2) is 0 Å². The average Bonchev–Trinajstić information content (AvgIpc) is 2.15. The zero-order valence-electron chi connectivity index (χ0n) is 11.2. The average molecular weight is 232 g/mol. The molecule has 98 valence electrons. The van der Waals surface area contributed by atoms with Crippen LogP contribution in [0.1, 0.15) is 40.5 Å². The largest absolute Gasteiger partial charge is 0.350 e. The minimum atomic E-state index is -0.0836. The van der Waals surface area contributed by atoms with Crippen molar-refractivity contribution in [3.8, 4) is 0 Å². The third-order valence-electron chi connectivity index (χ3n) is 1.96. The van der Waals surface area contributed by atoms with Crippen LogP contribution in [-0.4, -0.2) is 38.1 Å². The van der Waals surface area contributed by atoms with Crippen molar-refractivity contribution >= 4 is 0 Å². The van der Waals surface area contributed by atoms with Crippen molar-refractivity contribution in [2.24, 2.45) is 5.73 Å². The molecular formula is C12H28N2O2. The minimum Gasteiger partial charge on any atom is -0.350 e. The summed E-state index contributed by atoms with van der Waals surface area (Å²) in [5, 5.41) is 3.26. The summed E-state index contributed by atoms with van der Waals surface area (Å²) in [4.78, 5) is 0. The van der Waals surface area contributed by atoms with Gasteiger partial charge in [-0.1, -0.05) is 0 Å². The molecule has 0 aromatic rings. The van der Waals surface area contributed by atoms with E-state index in [1.807, 2.05) is 27.7 Å². The van der Waals surface area contributed by atoms with Gasteiger partial charge in [-0.05, 0) is 47.1 Å². The van der Waals surface area contributed by atoms with Crippen LogP contribution in [0.5, 0.6) is 0 Å². The lowest BCUT2D eigenvalue weighted by atomic mass is 10.3. The van der Waals surface area contributed by atoms with E-state index >= 15 is 0 Å². The molecule has 3 N–H and O–H groups in total. The summed E-state index contributed by atoms with van der Waals surface area (Å²) in [6, 6.07) is 0. The molecule has 0 saturated heterocycles. The Morgan fingerprint density at radius 3 is 2.00 bits per heavy atom. The molecule has 4 heteroatoms. The van der Waals surface area contributed by atoms with Crippen molar-refractivity contribution in [2.45, 2.75) is 59.0 Å². The van der Waals surface area contributed by atoms with E-state index in [9.17, 15) is 0 Å². The standard InChI is InChI=1S/C12H28N2O2/c1-10(2)15-12(16-11(3)4)6-5-8-14-9-7-13/h10-12,14H,5-9,13H2,1-4H3. The fourth-order valence-corrected chi connectivity index (χ4v) is 1.40. The van der Waals surface area contributed by atoms with Crippen molar-refractivity contribution in [2.75, 3.05) is 19.6 Å². The normalized spacial score (nSPS) is 12.0. The van der Waals surface area contributed by atoms with E-state index in [1.54, 1.807) is 0 Å². The zero-order valence-corrected chi connectivity index (χ0v) is 11.2. The molecule has 0 aliphatic rings. The highest BCUT2D eigenvalue weighted by Crippen LogP contribution is 2.09. The topological polar surface area (TPSA) is 56.5 Å². The first-order valence-corrected chi connectivity index (χ1v) is 6.28. The van der Waals surface area contributed by atoms with Crippen molar-refractivity contribution in [1.29, 1.82) is 0 Å². The zero-order chi connectivity index (χ0) is 12.4. The first-order chi connectivity index (χ1) is 7.56. The first kappa shape index (κ1) is 15.8. The van der Waals surface area contributed by atoms with Crippen LogP contribution in [0.3, 0.4) is 0 Å². The molecule has 0 aromatic heterocycles. The third kappa shape index (κ3) is 10.4. The van der Waals surface area contributed by atoms with E-state index in [1.165, 1.54) is 0 Å². The van der Waals surface area contributed by atoms with Crippen LogP contribution < -0.4 is 11.1 Å². The van der Waals surface area contributed by atoms with Gasteiger partial charge in [0.15, 0.2) is 6.29 Å². The molecule has 16 heavy (non-hydrogen) atoms. The van der Waals surface area contributed by atoms with Crippen LogP contribution in [0.2, 0.25) is 0 Å². The van der Waals surface area contributed by atoms with Crippen LogP contribution in [0.25, 0.3) is 0 Å². The Hall–Kier alpha value is -0.160. The Balaban J connectivity index is 3.65. The summed E-state index contributed by atoms with van der Waals surface area (Å²) in [6.45, 7) is 10.7. The van der Waals surface area contributed by atoms with Crippen LogP contribution in [-0.2, 0) is 9.47 Å². The molecule has 0 fully saturated rings. The number of nitrogens with one attached hydrogen (secondary N) is 1. The molecule has 0 saturated carbocycles. The molecule has 4 nitrogen and oxygen atoms in total. The van der Waals surface area contributed by atoms with Crippen molar-refractivity contribution < 1.29 is 9.47 Å². The van der Waals surface area contributed by atoms with Gasteiger partial charge >= 0.3 is 0 Å². The maximum Gasteiger partial charge on any atom is 0.158 e. The predicted molar refractivity (Wildman–Crippen MR) is 67.4 cm³/mol. The summed E-state index contributed by atoms with van der Waals surface area (Å²) in [5.74, 6) is 0. The lowest BCUT2D eigenvalue weighted by Gasteiger charge is -2.23. The van der Waals surface area contributed by atoms with E-state index in [4.69, 9.17) is 15.2 Å². The fourth-order valence-electron chi connectivity index (χ4n) is 1.40. The summed E-state index contributed by atoms with van der Waals surface area (Å²) in [5.41, 5.74) is 5.39. The van der Waals surface area contributed by atoms with Gasteiger partial charge in [0.2, 0.25) is 0 Å². The number of hydrogen-bond acceptors (Lipinski definition) is 4. The van der Waals surface area contributed by atoms with Crippen molar-refractivity contribution in [3.63, 3.8) is 0 Å². The van der Waals surface area contributed by atoms with Gasteiger partial charge in [-0.2, -0.15) is 0 Å². The number of ether oxygens (including phenoxy) is 2. The fraction of sp³-hybridized carbons (Fsp3) is 1.00. The minimum absolute atomic E-state index is 0.0836. The first-order valence-electron chi connectivity index (χ1n) is 6.28. The van der Waals surface area contributed by atoms with Gasteiger partial charge in [0.1, 0.15) is 0 Å². The number of hydrogen-bond donors (Lipinski definition) is 2. The van der Waals surface area contributed by atoms with Gasteiger partial charge in [-0.3, -0.25) is 0 Å². The molecule has 0 atom stereocenters. The molecular weight excluding hydrogens is 204 g/mol. The lowest BCUT2D eigenvalue weighted by Crippen LogP contribution is -2.27. The summed E-state index contributed by atoms with van der Waals surface area (Å²) < 4.78 is 11.4. The van der Waals surface area contributed by atoms with Crippen LogP contribution in [0.4, 0.5) is 0 Å². The van der Waals surface area contributed by atoms with E-state index < -0.39 is 0 Å². The highest BCUT2D eigenvalue weighted by molar-refractivity contribution is 4.54. The maximum atomic E-state index is 5.69. The van der Waals surface area contributed by atoms with Gasteiger partial charge in [0, 0.05) is 13.1 Å². The Morgan fingerprint density at radius 2 is 1.56 bits per heavy atom. The quantitative estimate of drug-likeness (QED) is 0.442. The molecule has 0 unspecified atom stereocenters. The Labute approximate surface area is 99.9 Å². The highest BCUT2D eigenvalue weighted by atomic mass is 16.7. The Bertz CT molecular complexity index is 142. The molecule has 0 aromatic carbocycles. The van der Waals surface area contributed by atoms with Gasteiger partial charge in [-0.15, -0.1) is 0 Å². The second kappa shape index (κ2) is 10.0. The maximum absolute atomic E-state index is 5.69. The highest BCUT2D eigenvalue weighted by Gasteiger charge is 2.12. The van der Waals surface area contributed by atoms with Crippen LogP contribution >= 0.6 is 0 Å². The molecule has 0 rings (SSSR count). The number of rotatable bonds is 10. The van der Waals surface area contributed by atoms with Gasteiger partial charge in [0.25, 0.3) is 0 Å². The molecule has 0 aliphatic heterocycles. The van der Waals surface area contributed by atoms with E-state index in [0.717, 1.165) is 25.9 Å². The second-order valence-electron chi connectivity index (χ2n) is 4.48. The van der Waals surface area contributed by atoms with E-state index in [0.29, 0.717) is 6.54 Å². The molecule has 0 radical (unpaired) electrons. The number of nitrogens with two attached hydrogens (primary N) is 1. The Kier molecular flexibility index (Phi) is 9.92. The summed E-state index contributed by atoms with van der Waals surface area (Å²) >= 11 is 0. The molecule has 0 heterocycles. The Morgan fingerprint density at radius 1 is 1.00 bits per heavy atom. The molecule has 0 bridgehead atoms. The van der Waals surface area contributed by atoms with Crippen molar-refractivity contribution in [3.05, 3.63) is 0 Å². The van der Waals surface area contributed by atoms with Gasteiger partial charge in [0.05, 0.1) is 12.2 Å². The summed E-state index contributed by atoms with van der Waals surface area (Å²) in [6.07, 6.45) is 2.30. The third-order valence-corrected chi connectivity index (χ3v) is 1.96. The summed E-state index contributed by atoms with van der Waals surface area (Å²) in [7, 11) is 0. The predicted octanol–water partition coefficient (Wildman–Crippen LogP) is 1.49. The molecule has 0 spiro atoms. The second-order valence-corrected chi connectivity index (χ2v) is 4.48. The SMILES string of the molecule is CC(C)OC(CCCNCCN)OC(C)C. The van der Waals surface area contributed by atoms with E-state index in [2.05, 4.69) is 5.32 Å². The smallest absolute Gasteiger partial charge is 0.158 e. The van der Waals surface area contributed by atoms with Gasteiger partial charge < -0.3 is 20.5 Å². The molecule has 0 aliphatic carbocycles. The van der Waals surface area contributed by atoms with Gasteiger partial charge in [-0.25, -0.2) is 0 Å². The monoisotopic (exact) mass is 232 g/mol. The van der Waals surface area contributed by atoms with Crippen LogP contribution in [0, 0.1) is 0 Å². The van der Waals surface area contributed by atoms with E-state index in [-0.39, 0.29) is 18.5 Å². The molecule has 0 amide bonds. The van der Waals surface area contributed by atoms with Crippen molar-refractivity contribution in [1.82, 2.24) is 5.32 Å².